The van der Waals surface area contributed by atoms with Crippen molar-refractivity contribution in [2.75, 3.05) is 26.7 Å². The quantitative estimate of drug-likeness (QED) is 0.283. The highest BCUT2D eigenvalue weighted by atomic mass is 35.5. The van der Waals surface area contributed by atoms with Gasteiger partial charge in [0.25, 0.3) is 0 Å². The number of urea groups is 1. The van der Waals surface area contributed by atoms with E-state index in [4.69, 9.17) is 37.7 Å². The minimum atomic E-state index is -0.541. The lowest BCUT2D eigenvalue weighted by molar-refractivity contribution is -0.140. The highest BCUT2D eigenvalue weighted by molar-refractivity contribution is 6.30. The first-order valence-corrected chi connectivity index (χ1v) is 15.5. The van der Waals surface area contributed by atoms with Crippen LogP contribution in [0.4, 0.5) is 4.79 Å². The molecule has 1 unspecified atom stereocenters. The van der Waals surface area contributed by atoms with E-state index in [1.54, 1.807) is 23.0 Å². The van der Waals surface area contributed by atoms with Crippen molar-refractivity contribution in [2.45, 2.75) is 58.3 Å². The number of carbonyl (C=O) groups excluding carboxylic acids is 2. The summed E-state index contributed by atoms with van der Waals surface area (Å²) in [6, 6.07) is 19.1. The van der Waals surface area contributed by atoms with Gasteiger partial charge in [0.15, 0.2) is 0 Å². The van der Waals surface area contributed by atoms with Crippen LogP contribution in [0, 0.1) is 0 Å². The van der Waals surface area contributed by atoms with Crippen molar-refractivity contribution in [2.24, 2.45) is 4.99 Å². The lowest BCUT2D eigenvalue weighted by atomic mass is 9.93. The Morgan fingerprint density at radius 3 is 2.09 bits per heavy atom. The third kappa shape index (κ3) is 6.52. The third-order valence-electron chi connectivity index (χ3n) is 7.79. The zero-order valence-electron chi connectivity index (χ0n) is 25.9. The van der Waals surface area contributed by atoms with E-state index in [1.807, 2.05) is 100 Å². The minimum absolute atomic E-state index is 0.0310. The van der Waals surface area contributed by atoms with Crippen molar-refractivity contribution in [1.29, 1.82) is 0 Å². The number of halogens is 2. The molecular formula is C34H38Cl2N4O4. The molecule has 0 bridgehead atoms. The maximum Gasteiger partial charge on any atom is 0.326 e. The van der Waals surface area contributed by atoms with Crippen molar-refractivity contribution in [3.8, 4) is 11.5 Å². The lowest BCUT2D eigenvalue weighted by Gasteiger charge is -2.43. The van der Waals surface area contributed by atoms with Crippen LogP contribution in [-0.4, -0.2) is 70.9 Å². The number of hydrogen-bond acceptors (Lipinski definition) is 5. The van der Waals surface area contributed by atoms with Crippen LogP contribution in [0.1, 0.15) is 63.4 Å². The molecule has 1 saturated heterocycles. The van der Waals surface area contributed by atoms with Crippen LogP contribution in [0.2, 0.25) is 10.0 Å². The second-order valence-corrected chi connectivity index (χ2v) is 13.1. The first-order valence-electron chi connectivity index (χ1n) is 14.7. The van der Waals surface area contributed by atoms with Gasteiger partial charge in [-0.1, -0.05) is 47.5 Å². The molecule has 0 N–H and O–H groups in total. The van der Waals surface area contributed by atoms with Gasteiger partial charge in [0.05, 0.1) is 24.8 Å². The van der Waals surface area contributed by atoms with Crippen LogP contribution < -0.4 is 9.47 Å². The van der Waals surface area contributed by atoms with E-state index in [2.05, 4.69) is 0 Å². The van der Waals surface area contributed by atoms with Gasteiger partial charge in [0.1, 0.15) is 29.9 Å². The largest absolute Gasteiger partial charge is 0.497 e. The second-order valence-electron chi connectivity index (χ2n) is 12.3. The summed E-state index contributed by atoms with van der Waals surface area (Å²) in [6.45, 7) is 10.7. The fraction of sp³-hybridized carbons (Fsp3) is 0.382. The molecular weight excluding hydrogens is 599 g/mol. The Morgan fingerprint density at radius 2 is 1.55 bits per heavy atom. The number of rotatable bonds is 6. The van der Waals surface area contributed by atoms with Crippen LogP contribution in [0.3, 0.4) is 0 Å². The van der Waals surface area contributed by atoms with E-state index in [1.165, 1.54) is 0 Å². The number of hydrogen-bond donors (Lipinski definition) is 0. The van der Waals surface area contributed by atoms with Crippen LogP contribution in [0.25, 0.3) is 0 Å². The molecule has 3 aromatic rings. The molecule has 44 heavy (non-hydrogen) atoms. The number of benzene rings is 3. The maximum atomic E-state index is 14.7. The van der Waals surface area contributed by atoms with Crippen molar-refractivity contribution < 1.29 is 19.1 Å². The molecule has 2 aliphatic heterocycles. The van der Waals surface area contributed by atoms with Crippen LogP contribution in [0.15, 0.2) is 71.7 Å². The number of amides is 3. The molecule has 5 rings (SSSR count). The Morgan fingerprint density at radius 1 is 0.932 bits per heavy atom. The highest BCUT2D eigenvalue weighted by Gasteiger charge is 2.46. The zero-order valence-corrected chi connectivity index (χ0v) is 27.4. The normalized spacial score (nSPS) is 19.0. The van der Waals surface area contributed by atoms with E-state index in [-0.39, 0.29) is 30.1 Å². The van der Waals surface area contributed by atoms with Crippen molar-refractivity contribution in [1.82, 2.24) is 14.7 Å². The fourth-order valence-corrected chi connectivity index (χ4v) is 5.97. The summed E-state index contributed by atoms with van der Waals surface area (Å²) in [4.78, 5) is 38.4. The van der Waals surface area contributed by atoms with Gasteiger partial charge in [0, 0.05) is 34.7 Å². The molecule has 0 radical (unpaired) electrons. The summed E-state index contributed by atoms with van der Waals surface area (Å²) in [6.07, 6.45) is -0.144. The fourth-order valence-electron chi connectivity index (χ4n) is 5.72. The van der Waals surface area contributed by atoms with Gasteiger partial charge in [-0.3, -0.25) is 14.7 Å². The molecule has 2 aliphatic rings. The van der Waals surface area contributed by atoms with E-state index >= 15 is 0 Å². The standard InChI is InChI=1S/C34H38Cl2N4O4/c1-21(2)44-28-19-26(43-6)15-16-27(28)32-37-30(22-7-11-24(35)12-8-22)31(23-9-13-25(36)14-10-23)40(32)33(42)38-17-18-39(29(41)20-38)34(3,4)5/h7-16,19,21,30-31H,17-18,20H2,1-6H3/t30-,31?/m1/s1. The van der Waals surface area contributed by atoms with Gasteiger partial charge >= 0.3 is 6.03 Å². The number of amidine groups is 1. The molecule has 10 heteroatoms. The SMILES string of the molecule is COc1ccc(C2=N[C@H](c3ccc(Cl)cc3)C(c3ccc(Cl)cc3)N2C(=O)N2CCN(C(C)(C)C)C(=O)C2)c(OC(C)C)c1. The van der Waals surface area contributed by atoms with Gasteiger partial charge in [-0.05, 0) is 82.1 Å². The number of nitrogens with zero attached hydrogens (tertiary/aromatic N) is 4. The third-order valence-corrected chi connectivity index (χ3v) is 8.29. The van der Waals surface area contributed by atoms with E-state index in [0.29, 0.717) is 46.0 Å². The molecule has 8 nitrogen and oxygen atoms in total. The number of piperazine rings is 1. The molecule has 0 aromatic heterocycles. The van der Waals surface area contributed by atoms with Crippen molar-refractivity contribution in [3.63, 3.8) is 0 Å². The topological polar surface area (TPSA) is 74.7 Å². The Bertz CT molecular complexity index is 1550. The molecule has 1 fully saturated rings. The predicted octanol–water partition coefficient (Wildman–Crippen LogP) is 7.40. The molecule has 0 aliphatic carbocycles. The molecule has 2 heterocycles. The second kappa shape index (κ2) is 12.7. The van der Waals surface area contributed by atoms with Crippen molar-refractivity contribution in [3.05, 3.63) is 93.5 Å². The molecule has 0 saturated carbocycles. The van der Waals surface area contributed by atoms with Gasteiger partial charge < -0.3 is 19.3 Å². The Labute approximate surface area is 269 Å². The van der Waals surface area contributed by atoms with E-state index in [0.717, 1.165) is 11.1 Å². The van der Waals surface area contributed by atoms with Gasteiger partial charge in [-0.2, -0.15) is 0 Å². The summed E-state index contributed by atoms with van der Waals surface area (Å²) in [5.41, 5.74) is 2.03. The summed E-state index contributed by atoms with van der Waals surface area (Å²) in [5, 5.41) is 1.19. The Balaban J connectivity index is 1.67. The van der Waals surface area contributed by atoms with Crippen molar-refractivity contribution >= 4 is 41.0 Å². The first kappa shape index (κ1) is 31.7. The highest BCUT2D eigenvalue weighted by Crippen LogP contribution is 2.46. The predicted molar refractivity (Wildman–Crippen MR) is 174 cm³/mol. The smallest absolute Gasteiger partial charge is 0.326 e. The molecule has 3 amide bonds. The molecule has 0 spiro atoms. The molecule has 3 aromatic carbocycles. The summed E-state index contributed by atoms with van der Waals surface area (Å²) < 4.78 is 11.7. The van der Waals surface area contributed by atoms with Gasteiger partial charge in [-0.15, -0.1) is 0 Å². The summed E-state index contributed by atoms with van der Waals surface area (Å²) in [7, 11) is 1.60. The average Bonchev–Trinajstić information content (AvgIpc) is 3.36. The number of ether oxygens (including phenoxy) is 2. The maximum absolute atomic E-state index is 14.7. The lowest BCUT2D eigenvalue weighted by Crippen LogP contribution is -2.60. The first-order chi connectivity index (χ1) is 20.9. The van der Waals surface area contributed by atoms with Crippen LogP contribution >= 0.6 is 23.2 Å². The summed E-state index contributed by atoms with van der Waals surface area (Å²) in [5.74, 6) is 1.50. The molecule has 2 atom stereocenters. The number of carbonyl (C=O) groups is 2. The molecule has 232 valence electrons. The number of methoxy groups -OCH3 is 1. The van der Waals surface area contributed by atoms with Gasteiger partial charge in [0.2, 0.25) is 5.91 Å². The summed E-state index contributed by atoms with van der Waals surface area (Å²) >= 11 is 12.6. The Hall–Kier alpha value is -3.75. The van der Waals surface area contributed by atoms with Crippen LogP contribution in [-0.2, 0) is 4.79 Å². The average molecular weight is 638 g/mol. The minimum Gasteiger partial charge on any atom is -0.497 e. The van der Waals surface area contributed by atoms with E-state index in [9.17, 15) is 9.59 Å². The van der Waals surface area contributed by atoms with Crippen LogP contribution in [0.5, 0.6) is 11.5 Å². The monoisotopic (exact) mass is 636 g/mol. The number of aliphatic imine (C=N–C) groups is 1. The van der Waals surface area contributed by atoms with E-state index < -0.39 is 12.1 Å². The van der Waals surface area contributed by atoms with Gasteiger partial charge in [-0.25, -0.2) is 4.79 Å². The Kier molecular flexibility index (Phi) is 9.14. The zero-order chi connectivity index (χ0) is 31.8.